The number of amides is 1. The number of piperazine rings is 1. The van der Waals surface area contributed by atoms with Crippen molar-refractivity contribution in [1.82, 2.24) is 15.1 Å². The molecule has 8 heteroatoms. The number of ether oxygens (including phenoxy) is 2. The zero-order valence-corrected chi connectivity index (χ0v) is 16.0. The second kappa shape index (κ2) is 9.03. The molecule has 7 nitrogen and oxygen atoms in total. The maximum atomic E-state index is 13.9. The predicted molar refractivity (Wildman–Crippen MR) is 100 cm³/mol. The lowest BCUT2D eigenvalue weighted by Gasteiger charge is -2.36. The first-order valence-electron chi connectivity index (χ1n) is 9.39. The van der Waals surface area contributed by atoms with Gasteiger partial charge in [0.05, 0.1) is 6.61 Å². The van der Waals surface area contributed by atoms with Crippen molar-refractivity contribution in [1.29, 1.82) is 0 Å². The van der Waals surface area contributed by atoms with Gasteiger partial charge in [0.2, 0.25) is 5.91 Å². The van der Waals surface area contributed by atoms with Gasteiger partial charge in [0.1, 0.15) is 11.6 Å². The van der Waals surface area contributed by atoms with Crippen LogP contribution in [0.15, 0.2) is 17.1 Å². The minimum atomic E-state index is -0.283. The van der Waals surface area contributed by atoms with Crippen LogP contribution in [0.2, 0.25) is 0 Å². The van der Waals surface area contributed by atoms with Gasteiger partial charge in [0.15, 0.2) is 12.8 Å². The fourth-order valence-corrected chi connectivity index (χ4v) is 3.38. The molecule has 0 aliphatic carbocycles. The van der Waals surface area contributed by atoms with E-state index in [1.54, 1.807) is 6.92 Å². The van der Waals surface area contributed by atoms with Crippen LogP contribution < -0.4 is 10.1 Å². The lowest BCUT2D eigenvalue weighted by atomic mass is 10.1. The zero-order valence-electron chi connectivity index (χ0n) is 16.0. The smallest absolute Gasteiger partial charge is 0.219 e. The van der Waals surface area contributed by atoms with Crippen LogP contribution in [0.25, 0.3) is 0 Å². The molecule has 0 unspecified atom stereocenters. The van der Waals surface area contributed by atoms with Gasteiger partial charge in [-0.3, -0.25) is 9.79 Å². The summed E-state index contributed by atoms with van der Waals surface area (Å²) in [4.78, 5) is 20.2. The van der Waals surface area contributed by atoms with E-state index in [1.165, 1.54) is 12.1 Å². The molecule has 1 aromatic rings. The number of halogens is 1. The number of hydrogen-bond acceptors (Lipinski definition) is 4. The Morgan fingerprint density at radius 1 is 1.26 bits per heavy atom. The molecular formula is C19H27FN4O3. The number of benzene rings is 1. The molecule has 1 fully saturated rings. The largest absolute Gasteiger partial charge is 0.467 e. The van der Waals surface area contributed by atoms with Gasteiger partial charge in [-0.1, -0.05) is 0 Å². The lowest BCUT2D eigenvalue weighted by molar-refractivity contribution is -0.130. The fourth-order valence-electron chi connectivity index (χ4n) is 3.38. The molecule has 2 heterocycles. The quantitative estimate of drug-likeness (QED) is 0.633. The summed E-state index contributed by atoms with van der Waals surface area (Å²) in [6.45, 7) is 8.37. The van der Waals surface area contributed by atoms with Crippen LogP contribution in [0, 0.1) is 5.82 Å². The Morgan fingerprint density at radius 3 is 2.70 bits per heavy atom. The number of aliphatic imine (C=N–C) groups is 1. The van der Waals surface area contributed by atoms with Crippen LogP contribution in [0.4, 0.5) is 4.39 Å². The van der Waals surface area contributed by atoms with E-state index < -0.39 is 0 Å². The molecule has 1 aromatic carbocycles. The maximum Gasteiger partial charge on any atom is 0.219 e. The number of rotatable bonds is 4. The third-order valence-electron chi connectivity index (χ3n) is 4.75. The van der Waals surface area contributed by atoms with Gasteiger partial charge >= 0.3 is 0 Å². The van der Waals surface area contributed by atoms with E-state index in [4.69, 9.17) is 14.5 Å². The lowest BCUT2D eigenvalue weighted by Crippen LogP contribution is -2.53. The molecule has 148 valence electrons. The van der Waals surface area contributed by atoms with E-state index in [0.717, 1.165) is 42.5 Å². The normalized spacial score (nSPS) is 17.4. The standard InChI is InChI=1S/C19H27FN4O3/c1-3-21-19(24-8-6-23(7-9-24)14(2)25)22-5-4-15-10-17(20)11-16-12-26-13-27-18(15)16/h10-11H,3-9,12-13H2,1-2H3,(H,21,22). The average Bonchev–Trinajstić information content (AvgIpc) is 2.67. The molecular weight excluding hydrogens is 351 g/mol. The Morgan fingerprint density at radius 2 is 2.00 bits per heavy atom. The molecule has 1 saturated heterocycles. The van der Waals surface area contributed by atoms with Gasteiger partial charge < -0.3 is 24.6 Å². The van der Waals surface area contributed by atoms with Crippen molar-refractivity contribution in [2.24, 2.45) is 4.99 Å². The molecule has 2 aliphatic rings. The highest BCUT2D eigenvalue weighted by atomic mass is 19.1. The second-order valence-corrected chi connectivity index (χ2v) is 6.64. The van der Waals surface area contributed by atoms with Gasteiger partial charge in [-0.2, -0.15) is 0 Å². The topological polar surface area (TPSA) is 66.4 Å². The average molecular weight is 378 g/mol. The summed E-state index contributed by atoms with van der Waals surface area (Å²) in [5.41, 5.74) is 1.56. The zero-order chi connectivity index (χ0) is 19.2. The molecule has 0 spiro atoms. The first kappa shape index (κ1) is 19.4. The first-order chi connectivity index (χ1) is 13.1. The number of carbonyl (C=O) groups is 1. The maximum absolute atomic E-state index is 13.9. The number of nitrogens with one attached hydrogen (secondary N) is 1. The second-order valence-electron chi connectivity index (χ2n) is 6.64. The van der Waals surface area contributed by atoms with Crippen molar-refractivity contribution < 1.29 is 18.7 Å². The summed E-state index contributed by atoms with van der Waals surface area (Å²) >= 11 is 0. The molecule has 0 aromatic heterocycles. The van der Waals surface area contributed by atoms with Gasteiger partial charge in [-0.05, 0) is 31.0 Å². The van der Waals surface area contributed by atoms with Gasteiger partial charge in [-0.25, -0.2) is 4.39 Å². The van der Waals surface area contributed by atoms with Crippen LogP contribution in [0.3, 0.4) is 0 Å². The van der Waals surface area contributed by atoms with Crippen molar-refractivity contribution in [2.75, 3.05) is 46.1 Å². The molecule has 1 amide bonds. The highest BCUT2D eigenvalue weighted by Crippen LogP contribution is 2.29. The van der Waals surface area contributed by atoms with E-state index in [2.05, 4.69) is 10.2 Å². The molecule has 0 bridgehead atoms. The highest BCUT2D eigenvalue weighted by Gasteiger charge is 2.21. The Bertz CT molecular complexity index is 702. The SMILES string of the molecule is CCNC(=NCCc1cc(F)cc2c1OCOC2)N1CCN(C(C)=O)CC1. The van der Waals surface area contributed by atoms with Crippen LogP contribution in [-0.4, -0.2) is 67.7 Å². The Kier molecular flexibility index (Phi) is 6.49. The van der Waals surface area contributed by atoms with Gasteiger partial charge in [-0.15, -0.1) is 0 Å². The van der Waals surface area contributed by atoms with E-state index in [-0.39, 0.29) is 18.5 Å². The summed E-state index contributed by atoms with van der Waals surface area (Å²) in [6, 6.07) is 2.97. The Labute approximate surface area is 159 Å². The van der Waals surface area contributed by atoms with Crippen molar-refractivity contribution in [3.63, 3.8) is 0 Å². The Balaban J connectivity index is 1.65. The van der Waals surface area contributed by atoms with Crippen LogP contribution >= 0.6 is 0 Å². The highest BCUT2D eigenvalue weighted by molar-refractivity contribution is 5.80. The van der Waals surface area contributed by atoms with Crippen molar-refractivity contribution in [2.45, 2.75) is 26.9 Å². The minimum absolute atomic E-state index is 0.108. The van der Waals surface area contributed by atoms with Crippen molar-refractivity contribution in [3.05, 3.63) is 29.1 Å². The number of fused-ring (bicyclic) bond motifs is 1. The van der Waals surface area contributed by atoms with E-state index >= 15 is 0 Å². The van der Waals surface area contributed by atoms with Crippen molar-refractivity contribution >= 4 is 11.9 Å². The summed E-state index contributed by atoms with van der Waals surface area (Å²) in [6.07, 6.45) is 0.586. The van der Waals surface area contributed by atoms with E-state index in [0.29, 0.717) is 32.7 Å². The van der Waals surface area contributed by atoms with Crippen LogP contribution in [0.5, 0.6) is 5.75 Å². The fraction of sp³-hybridized carbons (Fsp3) is 0.579. The number of nitrogens with zero attached hydrogens (tertiary/aromatic N) is 3. The summed E-state index contributed by atoms with van der Waals surface area (Å²) in [7, 11) is 0. The monoisotopic (exact) mass is 378 g/mol. The van der Waals surface area contributed by atoms with E-state index in [9.17, 15) is 9.18 Å². The van der Waals surface area contributed by atoms with Crippen LogP contribution in [0.1, 0.15) is 25.0 Å². The molecule has 0 saturated carbocycles. The molecule has 3 rings (SSSR count). The summed E-state index contributed by atoms with van der Waals surface area (Å²) in [5.74, 6) is 1.37. The third-order valence-corrected chi connectivity index (χ3v) is 4.75. The molecule has 2 aliphatic heterocycles. The molecule has 1 N–H and O–H groups in total. The molecule has 0 atom stereocenters. The van der Waals surface area contributed by atoms with Crippen molar-refractivity contribution in [3.8, 4) is 5.75 Å². The van der Waals surface area contributed by atoms with E-state index in [1.807, 2.05) is 11.8 Å². The predicted octanol–water partition coefficient (Wildman–Crippen LogP) is 1.36. The molecule has 0 radical (unpaired) electrons. The third kappa shape index (κ3) is 4.88. The number of carbonyl (C=O) groups excluding carboxylic acids is 1. The Hall–Kier alpha value is -2.35. The first-order valence-corrected chi connectivity index (χ1v) is 9.39. The van der Waals surface area contributed by atoms with Crippen LogP contribution in [-0.2, 0) is 22.6 Å². The number of guanidine groups is 1. The van der Waals surface area contributed by atoms with Gasteiger partial charge in [0.25, 0.3) is 0 Å². The summed E-state index contributed by atoms with van der Waals surface area (Å²) < 4.78 is 24.6. The minimum Gasteiger partial charge on any atom is -0.467 e. The van der Waals surface area contributed by atoms with Gasteiger partial charge in [0, 0.05) is 51.8 Å². The summed E-state index contributed by atoms with van der Waals surface area (Å²) in [5, 5.41) is 3.30. The number of hydrogen-bond donors (Lipinski definition) is 1. The molecule has 27 heavy (non-hydrogen) atoms.